The Kier molecular flexibility index (Phi) is 4.09. The lowest BCUT2D eigenvalue weighted by atomic mass is 9.68. The van der Waals surface area contributed by atoms with E-state index in [1.54, 1.807) is 0 Å². The van der Waals surface area contributed by atoms with Crippen molar-refractivity contribution < 1.29 is 5.11 Å². The second-order valence-electron chi connectivity index (χ2n) is 9.09. The highest BCUT2D eigenvalue weighted by Crippen LogP contribution is 2.46. The molecule has 0 aromatic heterocycles. The van der Waals surface area contributed by atoms with E-state index in [0.717, 1.165) is 11.1 Å². The summed E-state index contributed by atoms with van der Waals surface area (Å²) in [5.41, 5.74) is 4.75. The Bertz CT molecular complexity index is 503. The third-order valence-corrected chi connectivity index (χ3v) is 3.80. The number of phenolic OH excluding ortho intramolecular Hbond substituents is 1. The molecule has 1 N–H and O–H groups in total. The molecule has 0 aliphatic rings. The van der Waals surface area contributed by atoms with Gasteiger partial charge in [-0.1, -0.05) is 68.4 Å². The SMILES string of the molecule is Cc1cc(C(C)(C)C)c(C(C)(C)C)c(C(C)(C)C)c1O. The Balaban J connectivity index is 3.96. The Labute approximate surface area is 125 Å². The molecular weight excluding hydrogens is 244 g/mol. The zero-order chi connectivity index (χ0) is 16.1. The van der Waals surface area contributed by atoms with Crippen LogP contribution in [0.4, 0.5) is 0 Å². The number of benzene rings is 1. The predicted molar refractivity (Wildman–Crippen MR) is 88.9 cm³/mol. The minimum Gasteiger partial charge on any atom is -0.507 e. The van der Waals surface area contributed by atoms with Crippen LogP contribution < -0.4 is 0 Å². The van der Waals surface area contributed by atoms with Gasteiger partial charge in [0.2, 0.25) is 0 Å². The predicted octanol–water partition coefficient (Wildman–Crippen LogP) is 5.59. The summed E-state index contributed by atoms with van der Waals surface area (Å²) in [4.78, 5) is 0. The van der Waals surface area contributed by atoms with Crippen LogP contribution in [0.1, 0.15) is 84.6 Å². The van der Waals surface area contributed by atoms with E-state index in [2.05, 4.69) is 68.4 Å². The van der Waals surface area contributed by atoms with Crippen molar-refractivity contribution in [2.45, 2.75) is 85.5 Å². The van der Waals surface area contributed by atoms with E-state index in [1.165, 1.54) is 11.1 Å². The Hall–Kier alpha value is -0.980. The third kappa shape index (κ3) is 3.19. The summed E-state index contributed by atoms with van der Waals surface area (Å²) in [6.07, 6.45) is 0. The molecule has 1 aromatic carbocycles. The van der Waals surface area contributed by atoms with Gasteiger partial charge in [-0.05, 0) is 39.9 Å². The zero-order valence-corrected chi connectivity index (χ0v) is 15.0. The molecule has 0 unspecified atom stereocenters. The second-order valence-corrected chi connectivity index (χ2v) is 9.09. The smallest absolute Gasteiger partial charge is 0.122 e. The van der Waals surface area contributed by atoms with Crippen LogP contribution in [0.5, 0.6) is 5.75 Å². The van der Waals surface area contributed by atoms with Gasteiger partial charge in [-0.2, -0.15) is 0 Å². The topological polar surface area (TPSA) is 20.2 Å². The molecule has 0 aliphatic carbocycles. The Morgan fingerprint density at radius 2 is 1.10 bits per heavy atom. The van der Waals surface area contributed by atoms with Crippen molar-refractivity contribution in [2.24, 2.45) is 0 Å². The van der Waals surface area contributed by atoms with Crippen molar-refractivity contribution in [2.75, 3.05) is 0 Å². The van der Waals surface area contributed by atoms with Gasteiger partial charge in [0, 0.05) is 5.56 Å². The van der Waals surface area contributed by atoms with E-state index >= 15 is 0 Å². The van der Waals surface area contributed by atoms with Crippen molar-refractivity contribution in [1.29, 1.82) is 0 Å². The first kappa shape index (κ1) is 17.1. The van der Waals surface area contributed by atoms with Crippen LogP contribution in [0.3, 0.4) is 0 Å². The van der Waals surface area contributed by atoms with Crippen molar-refractivity contribution in [1.82, 2.24) is 0 Å². The van der Waals surface area contributed by atoms with Crippen molar-refractivity contribution in [3.63, 3.8) is 0 Å². The van der Waals surface area contributed by atoms with E-state index in [4.69, 9.17) is 0 Å². The summed E-state index contributed by atoms with van der Waals surface area (Å²) < 4.78 is 0. The highest BCUT2D eigenvalue weighted by molar-refractivity contribution is 5.56. The average molecular weight is 276 g/mol. The molecule has 0 spiro atoms. The van der Waals surface area contributed by atoms with Crippen LogP contribution in [-0.4, -0.2) is 5.11 Å². The molecule has 1 rings (SSSR count). The molecule has 0 atom stereocenters. The van der Waals surface area contributed by atoms with Gasteiger partial charge in [0.05, 0.1) is 0 Å². The maximum atomic E-state index is 10.7. The molecule has 0 amide bonds. The average Bonchev–Trinajstić information content (AvgIpc) is 2.15. The quantitative estimate of drug-likeness (QED) is 0.654. The standard InChI is InChI=1S/C19H32O/c1-12-11-13(17(2,3)4)14(18(5,6)7)15(16(12)20)19(8,9)10/h11,20H,1-10H3. The number of rotatable bonds is 0. The van der Waals surface area contributed by atoms with E-state index in [-0.39, 0.29) is 16.2 Å². The summed E-state index contributed by atoms with van der Waals surface area (Å²) >= 11 is 0. The molecule has 0 radical (unpaired) electrons. The summed E-state index contributed by atoms with van der Waals surface area (Å²) in [6.45, 7) is 22.0. The molecular formula is C19H32O. The molecule has 0 aliphatic heterocycles. The molecule has 0 heterocycles. The van der Waals surface area contributed by atoms with Gasteiger partial charge in [0.1, 0.15) is 5.75 Å². The van der Waals surface area contributed by atoms with E-state index in [1.807, 2.05) is 6.92 Å². The van der Waals surface area contributed by atoms with Crippen LogP contribution in [0.25, 0.3) is 0 Å². The zero-order valence-electron chi connectivity index (χ0n) is 15.0. The summed E-state index contributed by atoms with van der Waals surface area (Å²) in [5, 5.41) is 10.7. The number of hydrogen-bond donors (Lipinski definition) is 1. The largest absolute Gasteiger partial charge is 0.507 e. The van der Waals surface area contributed by atoms with Crippen LogP contribution in [0, 0.1) is 6.92 Å². The molecule has 0 saturated carbocycles. The number of hydrogen-bond acceptors (Lipinski definition) is 1. The maximum Gasteiger partial charge on any atom is 0.122 e. The minimum absolute atomic E-state index is 0.0103. The first-order valence-electron chi connectivity index (χ1n) is 7.55. The summed E-state index contributed by atoms with van der Waals surface area (Å²) in [7, 11) is 0. The highest BCUT2D eigenvalue weighted by atomic mass is 16.3. The molecule has 1 aromatic rings. The molecule has 0 bridgehead atoms. The summed E-state index contributed by atoms with van der Waals surface area (Å²) in [6, 6.07) is 2.17. The molecule has 1 nitrogen and oxygen atoms in total. The normalized spacial score (nSPS) is 13.7. The van der Waals surface area contributed by atoms with Crippen LogP contribution in [0.2, 0.25) is 0 Å². The molecule has 1 heteroatoms. The van der Waals surface area contributed by atoms with Gasteiger partial charge < -0.3 is 5.11 Å². The lowest BCUT2D eigenvalue weighted by Crippen LogP contribution is -2.28. The van der Waals surface area contributed by atoms with E-state index in [0.29, 0.717) is 5.75 Å². The van der Waals surface area contributed by atoms with Gasteiger partial charge in [-0.15, -0.1) is 0 Å². The van der Waals surface area contributed by atoms with Crippen molar-refractivity contribution in [3.8, 4) is 5.75 Å². The van der Waals surface area contributed by atoms with E-state index < -0.39 is 0 Å². The number of phenols is 1. The maximum absolute atomic E-state index is 10.7. The molecule has 114 valence electrons. The van der Waals surface area contributed by atoms with Gasteiger partial charge in [-0.3, -0.25) is 0 Å². The van der Waals surface area contributed by atoms with E-state index in [9.17, 15) is 5.11 Å². The molecule has 0 saturated heterocycles. The van der Waals surface area contributed by atoms with Gasteiger partial charge in [-0.25, -0.2) is 0 Å². The van der Waals surface area contributed by atoms with Gasteiger partial charge >= 0.3 is 0 Å². The lowest BCUT2D eigenvalue weighted by molar-refractivity contribution is 0.425. The highest BCUT2D eigenvalue weighted by Gasteiger charge is 2.34. The first-order valence-corrected chi connectivity index (χ1v) is 7.55. The number of aryl methyl sites for hydroxylation is 1. The monoisotopic (exact) mass is 276 g/mol. The van der Waals surface area contributed by atoms with Crippen LogP contribution in [0.15, 0.2) is 6.07 Å². The van der Waals surface area contributed by atoms with Gasteiger partial charge in [0.15, 0.2) is 0 Å². The Morgan fingerprint density at radius 3 is 1.40 bits per heavy atom. The first-order chi connectivity index (χ1) is 8.67. The fourth-order valence-electron chi connectivity index (χ4n) is 2.91. The second kappa shape index (κ2) is 4.79. The minimum atomic E-state index is -0.0707. The molecule has 0 fully saturated rings. The molecule has 20 heavy (non-hydrogen) atoms. The fraction of sp³-hybridized carbons (Fsp3) is 0.684. The van der Waals surface area contributed by atoms with Crippen LogP contribution in [-0.2, 0) is 16.2 Å². The fourth-order valence-corrected chi connectivity index (χ4v) is 2.91. The Morgan fingerprint density at radius 1 is 0.700 bits per heavy atom. The van der Waals surface area contributed by atoms with Crippen molar-refractivity contribution in [3.05, 3.63) is 28.3 Å². The lowest BCUT2D eigenvalue weighted by Gasteiger charge is -2.37. The van der Waals surface area contributed by atoms with Crippen molar-refractivity contribution >= 4 is 0 Å². The summed E-state index contributed by atoms with van der Waals surface area (Å²) in [5.74, 6) is 0.468. The third-order valence-electron chi connectivity index (χ3n) is 3.80. The van der Waals surface area contributed by atoms with Crippen LogP contribution >= 0.6 is 0 Å². The number of aromatic hydroxyl groups is 1. The van der Waals surface area contributed by atoms with Gasteiger partial charge in [0.25, 0.3) is 0 Å².